The number of aryl methyl sites for hydroxylation is 2. The third-order valence-corrected chi connectivity index (χ3v) is 2.43. The first-order chi connectivity index (χ1) is 8.58. The molecule has 0 saturated carbocycles. The van der Waals surface area contributed by atoms with Gasteiger partial charge in [0.2, 0.25) is 0 Å². The Morgan fingerprint density at radius 2 is 2.22 bits per heavy atom. The zero-order valence-electron chi connectivity index (χ0n) is 10.2. The fraction of sp³-hybridized carbons (Fsp3) is 0.154. The summed E-state index contributed by atoms with van der Waals surface area (Å²) in [6.45, 7) is 3.83. The molecule has 0 aromatic carbocycles. The zero-order valence-corrected chi connectivity index (χ0v) is 10.2. The van der Waals surface area contributed by atoms with E-state index >= 15 is 0 Å². The molecule has 0 aliphatic rings. The molecule has 0 unspecified atom stereocenters. The summed E-state index contributed by atoms with van der Waals surface area (Å²) in [4.78, 5) is 14.8. The Morgan fingerprint density at radius 3 is 2.83 bits per heavy atom. The van der Waals surface area contributed by atoms with Crippen LogP contribution in [0.25, 0.3) is 11.9 Å². The van der Waals surface area contributed by atoms with E-state index in [4.69, 9.17) is 5.11 Å². The largest absolute Gasteiger partial charge is 0.478 e. The summed E-state index contributed by atoms with van der Waals surface area (Å²) in [6, 6.07) is 5.51. The molecule has 0 radical (unpaired) electrons. The van der Waals surface area contributed by atoms with Gasteiger partial charge in [0.15, 0.2) is 5.82 Å². The van der Waals surface area contributed by atoms with E-state index < -0.39 is 5.97 Å². The second kappa shape index (κ2) is 4.83. The second-order valence-corrected chi connectivity index (χ2v) is 3.93. The number of carboxylic acid groups (broad SMARTS) is 1. The summed E-state index contributed by atoms with van der Waals surface area (Å²) in [5.74, 6) is -0.362. The van der Waals surface area contributed by atoms with Gasteiger partial charge in [0.1, 0.15) is 0 Å². The lowest BCUT2D eigenvalue weighted by Gasteiger charge is -2.06. The number of pyridine rings is 1. The Labute approximate surface area is 104 Å². The summed E-state index contributed by atoms with van der Waals surface area (Å²) >= 11 is 0. The summed E-state index contributed by atoms with van der Waals surface area (Å²) < 4.78 is 1.71. The summed E-state index contributed by atoms with van der Waals surface area (Å²) in [6.07, 6.45) is 4.26. The molecule has 2 aromatic rings. The molecule has 0 bridgehead atoms. The van der Waals surface area contributed by atoms with Crippen molar-refractivity contribution in [2.24, 2.45) is 0 Å². The van der Waals surface area contributed by atoms with Gasteiger partial charge in [-0.1, -0.05) is 0 Å². The topological polar surface area (TPSA) is 68.0 Å². The number of nitrogens with zero attached hydrogens (tertiary/aromatic N) is 3. The van der Waals surface area contributed by atoms with Crippen LogP contribution in [0.5, 0.6) is 0 Å². The van der Waals surface area contributed by atoms with E-state index in [0.29, 0.717) is 11.4 Å². The van der Waals surface area contributed by atoms with Crippen LogP contribution in [0.3, 0.4) is 0 Å². The van der Waals surface area contributed by atoms with Gasteiger partial charge in [0.25, 0.3) is 0 Å². The highest BCUT2D eigenvalue weighted by molar-refractivity contribution is 5.85. The molecule has 92 valence electrons. The van der Waals surface area contributed by atoms with E-state index in [0.717, 1.165) is 17.5 Å². The Balaban J connectivity index is 2.51. The van der Waals surface area contributed by atoms with Crippen LogP contribution in [-0.4, -0.2) is 25.8 Å². The molecule has 0 atom stereocenters. The molecule has 5 nitrogen and oxygen atoms in total. The van der Waals surface area contributed by atoms with Crippen molar-refractivity contribution in [3.63, 3.8) is 0 Å². The molecule has 5 heteroatoms. The Morgan fingerprint density at radius 1 is 1.44 bits per heavy atom. The fourth-order valence-electron chi connectivity index (χ4n) is 1.72. The number of carbonyl (C=O) groups is 1. The highest BCUT2D eigenvalue weighted by Gasteiger charge is 2.08. The predicted molar refractivity (Wildman–Crippen MR) is 67.5 cm³/mol. The maximum absolute atomic E-state index is 10.6. The average molecular weight is 243 g/mol. The molecule has 0 aliphatic carbocycles. The van der Waals surface area contributed by atoms with Gasteiger partial charge in [-0.25, -0.2) is 14.5 Å². The van der Waals surface area contributed by atoms with Crippen LogP contribution in [0.15, 0.2) is 30.5 Å². The summed E-state index contributed by atoms with van der Waals surface area (Å²) in [5, 5.41) is 13.0. The van der Waals surface area contributed by atoms with E-state index in [2.05, 4.69) is 10.1 Å². The van der Waals surface area contributed by atoms with Crippen molar-refractivity contribution in [2.45, 2.75) is 13.8 Å². The van der Waals surface area contributed by atoms with Crippen molar-refractivity contribution in [3.05, 3.63) is 47.4 Å². The quantitative estimate of drug-likeness (QED) is 0.837. The molecule has 0 saturated heterocycles. The maximum atomic E-state index is 10.6. The highest BCUT2D eigenvalue weighted by atomic mass is 16.4. The van der Waals surface area contributed by atoms with Crippen LogP contribution in [-0.2, 0) is 4.79 Å². The van der Waals surface area contributed by atoms with E-state index in [1.807, 2.05) is 19.9 Å². The minimum Gasteiger partial charge on any atom is -0.478 e. The molecular weight excluding hydrogens is 230 g/mol. The molecule has 2 aromatic heterocycles. The van der Waals surface area contributed by atoms with Crippen LogP contribution in [0.2, 0.25) is 0 Å². The average Bonchev–Trinajstić information content (AvgIpc) is 2.66. The number of carboxylic acids is 1. The van der Waals surface area contributed by atoms with Gasteiger partial charge in [0.05, 0.1) is 5.69 Å². The predicted octanol–water partition coefficient (Wildman–Crippen LogP) is 1.98. The SMILES string of the molecule is Cc1cc(C)n(-c2ncccc2/C=C/C(=O)O)n1. The number of aromatic nitrogens is 3. The molecule has 18 heavy (non-hydrogen) atoms. The Kier molecular flexibility index (Phi) is 3.23. The first-order valence-corrected chi connectivity index (χ1v) is 5.47. The Hall–Kier alpha value is -2.43. The summed E-state index contributed by atoms with van der Waals surface area (Å²) in [7, 11) is 0. The molecule has 2 rings (SSSR count). The van der Waals surface area contributed by atoms with Gasteiger partial charge in [-0.2, -0.15) is 5.10 Å². The molecule has 2 heterocycles. The first-order valence-electron chi connectivity index (χ1n) is 5.47. The van der Waals surface area contributed by atoms with Crippen LogP contribution in [0.4, 0.5) is 0 Å². The van der Waals surface area contributed by atoms with E-state index in [1.54, 1.807) is 23.0 Å². The minimum absolute atomic E-state index is 0.626. The van der Waals surface area contributed by atoms with Crippen molar-refractivity contribution in [1.29, 1.82) is 0 Å². The zero-order chi connectivity index (χ0) is 13.1. The normalized spacial score (nSPS) is 11.0. The van der Waals surface area contributed by atoms with Crippen LogP contribution < -0.4 is 0 Å². The third-order valence-electron chi connectivity index (χ3n) is 2.43. The number of aliphatic carboxylic acids is 1. The van der Waals surface area contributed by atoms with Gasteiger partial charge in [-0.05, 0) is 38.1 Å². The van der Waals surface area contributed by atoms with Gasteiger partial charge in [-0.15, -0.1) is 0 Å². The lowest BCUT2D eigenvalue weighted by molar-refractivity contribution is -0.131. The van der Waals surface area contributed by atoms with Gasteiger partial charge in [-0.3, -0.25) is 0 Å². The van der Waals surface area contributed by atoms with Crippen molar-refractivity contribution >= 4 is 12.0 Å². The van der Waals surface area contributed by atoms with Gasteiger partial charge >= 0.3 is 5.97 Å². The van der Waals surface area contributed by atoms with Crippen molar-refractivity contribution in [3.8, 4) is 5.82 Å². The Bertz CT molecular complexity index is 614. The molecular formula is C13H13N3O2. The van der Waals surface area contributed by atoms with Gasteiger partial charge < -0.3 is 5.11 Å². The molecule has 0 spiro atoms. The molecule has 0 aliphatic heterocycles. The minimum atomic E-state index is -0.988. The highest BCUT2D eigenvalue weighted by Crippen LogP contribution is 2.15. The molecule has 1 N–H and O–H groups in total. The first kappa shape index (κ1) is 12.0. The fourth-order valence-corrected chi connectivity index (χ4v) is 1.72. The van der Waals surface area contributed by atoms with E-state index in [9.17, 15) is 4.79 Å². The number of hydrogen-bond acceptors (Lipinski definition) is 3. The number of hydrogen-bond donors (Lipinski definition) is 1. The third kappa shape index (κ3) is 2.45. The van der Waals surface area contributed by atoms with Crippen LogP contribution >= 0.6 is 0 Å². The van der Waals surface area contributed by atoms with E-state index in [1.165, 1.54) is 6.08 Å². The monoisotopic (exact) mass is 243 g/mol. The van der Waals surface area contributed by atoms with Crippen molar-refractivity contribution in [2.75, 3.05) is 0 Å². The second-order valence-electron chi connectivity index (χ2n) is 3.93. The standard InChI is InChI=1S/C13H13N3O2/c1-9-8-10(2)16(15-9)13-11(4-3-7-14-13)5-6-12(17)18/h3-8H,1-2H3,(H,17,18)/b6-5+. The lowest BCUT2D eigenvalue weighted by atomic mass is 10.2. The van der Waals surface area contributed by atoms with Crippen LogP contribution in [0, 0.1) is 13.8 Å². The summed E-state index contributed by atoms with van der Waals surface area (Å²) in [5.41, 5.74) is 2.56. The smallest absolute Gasteiger partial charge is 0.328 e. The molecule has 0 fully saturated rings. The lowest BCUT2D eigenvalue weighted by Crippen LogP contribution is -2.04. The van der Waals surface area contributed by atoms with E-state index in [-0.39, 0.29) is 0 Å². The van der Waals surface area contributed by atoms with Crippen molar-refractivity contribution < 1.29 is 9.90 Å². The van der Waals surface area contributed by atoms with Crippen LogP contribution in [0.1, 0.15) is 17.0 Å². The molecule has 0 amide bonds. The van der Waals surface area contributed by atoms with Crippen molar-refractivity contribution in [1.82, 2.24) is 14.8 Å². The number of rotatable bonds is 3. The maximum Gasteiger partial charge on any atom is 0.328 e. The van der Waals surface area contributed by atoms with Gasteiger partial charge in [0, 0.05) is 23.5 Å².